The summed E-state index contributed by atoms with van der Waals surface area (Å²) in [7, 11) is 3.24. The van der Waals surface area contributed by atoms with Gasteiger partial charge < -0.3 is 24.1 Å². The fourth-order valence-electron chi connectivity index (χ4n) is 4.29. The van der Waals surface area contributed by atoms with E-state index in [0.29, 0.717) is 49.4 Å². The van der Waals surface area contributed by atoms with Crippen LogP contribution < -0.4 is 14.8 Å². The van der Waals surface area contributed by atoms with Crippen LogP contribution in [-0.4, -0.2) is 68.0 Å². The molecule has 1 atom stereocenters. The van der Waals surface area contributed by atoms with E-state index in [4.69, 9.17) is 18.7 Å². The van der Waals surface area contributed by atoms with Gasteiger partial charge in [0.25, 0.3) is 0 Å². The first-order chi connectivity index (χ1) is 17.6. The molecule has 192 valence electrons. The molecule has 1 unspecified atom stereocenters. The summed E-state index contributed by atoms with van der Waals surface area (Å²) in [6.07, 6.45) is 1.62. The summed E-state index contributed by atoms with van der Waals surface area (Å²) >= 11 is 0. The summed E-state index contributed by atoms with van der Waals surface area (Å²) in [4.78, 5) is 19.5. The summed E-state index contributed by atoms with van der Waals surface area (Å²) in [6.45, 7) is 5.49. The van der Waals surface area contributed by atoms with Crippen molar-refractivity contribution in [1.29, 1.82) is 0 Å². The third kappa shape index (κ3) is 6.41. The van der Waals surface area contributed by atoms with Crippen LogP contribution in [0.3, 0.4) is 0 Å². The average molecular weight is 495 g/mol. The molecular formula is C27H34N4O5. The van der Waals surface area contributed by atoms with Crippen LogP contribution in [0.1, 0.15) is 36.4 Å². The van der Waals surface area contributed by atoms with Crippen molar-refractivity contribution in [3.05, 3.63) is 59.5 Å². The van der Waals surface area contributed by atoms with Crippen LogP contribution in [0.2, 0.25) is 0 Å². The molecule has 3 aromatic rings. The SMILES string of the molecule is CCc1ccc(-c2noc(CCC(=O)NCC(c3ccc(OC)c(OC)c3)N3CCOCC3)n2)cc1. The van der Waals surface area contributed by atoms with Crippen molar-refractivity contribution in [3.8, 4) is 22.9 Å². The molecule has 0 radical (unpaired) electrons. The zero-order valence-electron chi connectivity index (χ0n) is 21.2. The second-order valence-electron chi connectivity index (χ2n) is 8.64. The van der Waals surface area contributed by atoms with Crippen molar-refractivity contribution in [2.45, 2.75) is 32.2 Å². The number of aryl methyl sites for hydroxylation is 2. The molecule has 1 aromatic heterocycles. The Labute approximate surface area is 211 Å². The molecule has 9 heteroatoms. The molecule has 1 aliphatic heterocycles. The van der Waals surface area contributed by atoms with E-state index >= 15 is 0 Å². The van der Waals surface area contributed by atoms with Crippen LogP contribution in [-0.2, 0) is 22.4 Å². The molecule has 0 aliphatic carbocycles. The van der Waals surface area contributed by atoms with Gasteiger partial charge in [0.2, 0.25) is 17.6 Å². The Balaban J connectivity index is 1.36. The van der Waals surface area contributed by atoms with E-state index in [0.717, 1.165) is 30.6 Å². The Morgan fingerprint density at radius 3 is 2.53 bits per heavy atom. The molecule has 1 aliphatic rings. The van der Waals surface area contributed by atoms with E-state index in [1.165, 1.54) is 5.56 Å². The fraction of sp³-hybridized carbons (Fsp3) is 0.444. The van der Waals surface area contributed by atoms with Crippen molar-refractivity contribution >= 4 is 5.91 Å². The fourth-order valence-corrected chi connectivity index (χ4v) is 4.29. The smallest absolute Gasteiger partial charge is 0.227 e. The number of rotatable bonds is 11. The highest BCUT2D eigenvalue weighted by Crippen LogP contribution is 2.32. The van der Waals surface area contributed by atoms with Gasteiger partial charge in [0.05, 0.1) is 33.5 Å². The first-order valence-electron chi connectivity index (χ1n) is 12.3. The number of methoxy groups -OCH3 is 2. The second-order valence-corrected chi connectivity index (χ2v) is 8.64. The summed E-state index contributed by atoms with van der Waals surface area (Å²) in [5.41, 5.74) is 3.20. The van der Waals surface area contributed by atoms with Crippen LogP contribution in [0, 0.1) is 0 Å². The molecule has 0 spiro atoms. The van der Waals surface area contributed by atoms with Crippen molar-refractivity contribution < 1.29 is 23.5 Å². The van der Waals surface area contributed by atoms with Gasteiger partial charge in [0, 0.05) is 38.0 Å². The maximum atomic E-state index is 12.7. The van der Waals surface area contributed by atoms with Gasteiger partial charge in [-0.15, -0.1) is 0 Å². The lowest BCUT2D eigenvalue weighted by Crippen LogP contribution is -2.43. The molecule has 1 fully saturated rings. The van der Waals surface area contributed by atoms with Gasteiger partial charge in [-0.1, -0.05) is 42.4 Å². The minimum absolute atomic E-state index is 0.0150. The number of carbonyl (C=O) groups excluding carboxylic acids is 1. The van der Waals surface area contributed by atoms with Crippen molar-refractivity contribution in [2.75, 3.05) is 47.1 Å². The van der Waals surface area contributed by atoms with Crippen LogP contribution in [0.4, 0.5) is 0 Å². The largest absolute Gasteiger partial charge is 0.493 e. The summed E-state index contributed by atoms with van der Waals surface area (Å²) in [5.74, 6) is 2.25. The molecule has 2 aromatic carbocycles. The van der Waals surface area contributed by atoms with Gasteiger partial charge in [-0.3, -0.25) is 9.69 Å². The Hall–Kier alpha value is -3.43. The van der Waals surface area contributed by atoms with Gasteiger partial charge in [-0.05, 0) is 29.7 Å². The maximum Gasteiger partial charge on any atom is 0.227 e. The van der Waals surface area contributed by atoms with Crippen LogP contribution in [0.15, 0.2) is 47.0 Å². The lowest BCUT2D eigenvalue weighted by molar-refractivity contribution is -0.121. The highest BCUT2D eigenvalue weighted by Gasteiger charge is 2.24. The molecule has 1 saturated heterocycles. The highest BCUT2D eigenvalue weighted by molar-refractivity contribution is 5.76. The number of amides is 1. The number of nitrogens with zero attached hydrogens (tertiary/aromatic N) is 3. The molecule has 9 nitrogen and oxygen atoms in total. The molecule has 0 bridgehead atoms. The normalized spacial score (nSPS) is 14.9. The highest BCUT2D eigenvalue weighted by atomic mass is 16.5. The predicted octanol–water partition coefficient (Wildman–Crippen LogP) is 3.44. The minimum Gasteiger partial charge on any atom is -0.493 e. The molecule has 1 N–H and O–H groups in total. The number of benzene rings is 2. The summed E-state index contributed by atoms with van der Waals surface area (Å²) in [6, 6.07) is 14.0. The molecule has 1 amide bonds. The van der Waals surface area contributed by atoms with E-state index in [9.17, 15) is 4.79 Å². The van der Waals surface area contributed by atoms with Crippen LogP contribution in [0.25, 0.3) is 11.4 Å². The number of hydrogen-bond donors (Lipinski definition) is 1. The van der Waals surface area contributed by atoms with E-state index in [1.54, 1.807) is 14.2 Å². The molecule has 36 heavy (non-hydrogen) atoms. The van der Waals surface area contributed by atoms with E-state index in [1.807, 2.05) is 30.3 Å². The summed E-state index contributed by atoms with van der Waals surface area (Å²) in [5, 5.41) is 7.15. The number of ether oxygens (including phenoxy) is 3. The quantitative estimate of drug-likeness (QED) is 0.433. The van der Waals surface area contributed by atoms with E-state index in [2.05, 4.69) is 39.4 Å². The monoisotopic (exact) mass is 494 g/mol. The van der Waals surface area contributed by atoms with Gasteiger partial charge >= 0.3 is 0 Å². The van der Waals surface area contributed by atoms with E-state index < -0.39 is 0 Å². The Morgan fingerprint density at radius 2 is 1.83 bits per heavy atom. The molecule has 0 saturated carbocycles. The van der Waals surface area contributed by atoms with Crippen LogP contribution in [0.5, 0.6) is 11.5 Å². The number of nitrogens with one attached hydrogen (secondary N) is 1. The van der Waals surface area contributed by atoms with Crippen LogP contribution >= 0.6 is 0 Å². The number of carbonyl (C=O) groups is 1. The van der Waals surface area contributed by atoms with Crippen molar-refractivity contribution in [2.24, 2.45) is 0 Å². The van der Waals surface area contributed by atoms with Gasteiger partial charge in [-0.2, -0.15) is 4.98 Å². The summed E-state index contributed by atoms with van der Waals surface area (Å²) < 4.78 is 21.8. The third-order valence-corrected chi connectivity index (χ3v) is 6.43. The van der Waals surface area contributed by atoms with Crippen molar-refractivity contribution in [1.82, 2.24) is 20.4 Å². The van der Waals surface area contributed by atoms with Gasteiger partial charge in [0.1, 0.15) is 0 Å². The maximum absolute atomic E-state index is 12.7. The number of aromatic nitrogens is 2. The number of hydrogen-bond acceptors (Lipinski definition) is 8. The van der Waals surface area contributed by atoms with Crippen molar-refractivity contribution in [3.63, 3.8) is 0 Å². The van der Waals surface area contributed by atoms with Gasteiger partial charge in [-0.25, -0.2) is 0 Å². The Bertz CT molecular complexity index is 1130. The lowest BCUT2D eigenvalue weighted by Gasteiger charge is -2.35. The van der Waals surface area contributed by atoms with E-state index in [-0.39, 0.29) is 18.4 Å². The Morgan fingerprint density at radius 1 is 1.08 bits per heavy atom. The molecule has 2 heterocycles. The topological polar surface area (TPSA) is 99.0 Å². The molecular weight excluding hydrogens is 460 g/mol. The minimum atomic E-state index is -0.0687. The van der Waals surface area contributed by atoms with Gasteiger partial charge in [0.15, 0.2) is 11.5 Å². The zero-order valence-corrected chi connectivity index (χ0v) is 21.2. The first-order valence-corrected chi connectivity index (χ1v) is 12.3. The average Bonchev–Trinajstić information content (AvgIpc) is 3.41. The molecule has 4 rings (SSSR count). The number of morpholine rings is 1. The Kier molecular flexibility index (Phi) is 8.91. The second kappa shape index (κ2) is 12.5. The zero-order chi connectivity index (χ0) is 25.3. The predicted molar refractivity (Wildman–Crippen MR) is 135 cm³/mol. The third-order valence-electron chi connectivity index (χ3n) is 6.43. The first kappa shape index (κ1) is 25.7. The lowest BCUT2D eigenvalue weighted by atomic mass is 10.0. The standard InChI is InChI=1S/C27H34N4O5/c1-4-19-5-7-20(8-6-19)27-29-26(36-30-27)12-11-25(32)28-18-22(31-13-15-35-16-14-31)21-9-10-23(33-2)24(17-21)34-3/h5-10,17,22H,4,11-16,18H2,1-3H3,(H,28,32).